The number of carbonyl (C=O) groups excluding carboxylic acids is 2. The molecule has 0 bridgehead atoms. The molecule has 154 valence electrons. The number of morpholine rings is 1. The molecule has 2 rings (SSSR count). The van der Waals surface area contributed by atoms with Crippen LogP contribution in [0.1, 0.15) is 25.8 Å². The number of nitrogens with one attached hydrogen (secondary N) is 2. The van der Waals surface area contributed by atoms with Crippen LogP contribution in [0.5, 0.6) is 0 Å². The van der Waals surface area contributed by atoms with Crippen LogP contribution >= 0.6 is 0 Å². The van der Waals surface area contributed by atoms with Crippen LogP contribution in [0, 0.1) is 5.92 Å². The Morgan fingerprint density at radius 3 is 2.57 bits per heavy atom. The van der Waals surface area contributed by atoms with Crippen molar-refractivity contribution in [3.05, 3.63) is 30.1 Å². The smallest absolute Gasteiger partial charge is 0.426 e. The van der Waals surface area contributed by atoms with Crippen molar-refractivity contribution in [2.24, 2.45) is 5.92 Å². The van der Waals surface area contributed by atoms with E-state index >= 15 is 0 Å². The van der Waals surface area contributed by atoms with Crippen molar-refractivity contribution < 1.29 is 24.4 Å². The van der Waals surface area contributed by atoms with E-state index in [0.29, 0.717) is 32.7 Å². The number of hydrogen-bond donors (Lipinski definition) is 4. The zero-order valence-electron chi connectivity index (χ0n) is 16.4. The van der Waals surface area contributed by atoms with Crippen molar-refractivity contribution in [2.45, 2.75) is 38.7 Å². The van der Waals surface area contributed by atoms with Crippen molar-refractivity contribution in [3.8, 4) is 0 Å². The molecule has 3 amide bonds. The van der Waals surface area contributed by atoms with Crippen LogP contribution in [-0.2, 0) is 16.0 Å². The second-order valence-corrected chi connectivity index (χ2v) is 7.33. The van der Waals surface area contributed by atoms with Crippen LogP contribution in [0.4, 0.5) is 4.79 Å². The van der Waals surface area contributed by atoms with Gasteiger partial charge in [-0.15, -0.1) is 0 Å². The molecule has 1 aliphatic rings. The summed E-state index contributed by atoms with van der Waals surface area (Å²) >= 11 is 0. The number of nitrogens with zero attached hydrogens (tertiary/aromatic N) is 2. The number of pyridine rings is 1. The fourth-order valence-corrected chi connectivity index (χ4v) is 3.02. The molecule has 1 aliphatic heterocycles. The maximum atomic E-state index is 12.9. The molecule has 0 saturated carbocycles. The lowest BCUT2D eigenvalue weighted by Crippen LogP contribution is -2.57. The number of ether oxygens (including phenoxy) is 1. The normalized spacial score (nSPS) is 16.4. The Morgan fingerprint density at radius 2 is 2.00 bits per heavy atom. The lowest BCUT2D eigenvalue weighted by Gasteiger charge is -2.30. The maximum absolute atomic E-state index is 12.9. The van der Waals surface area contributed by atoms with Gasteiger partial charge in [-0.05, 0) is 24.0 Å². The molecule has 0 spiro atoms. The Bertz CT molecular complexity index is 626. The zero-order chi connectivity index (χ0) is 20.5. The Morgan fingerprint density at radius 1 is 1.29 bits per heavy atom. The maximum Gasteiger partial charge on any atom is 0.475 e. The first-order chi connectivity index (χ1) is 13.4. The van der Waals surface area contributed by atoms with E-state index in [9.17, 15) is 19.6 Å². The Labute approximate surface area is 165 Å². The molecule has 0 radical (unpaired) electrons. The summed E-state index contributed by atoms with van der Waals surface area (Å²) < 4.78 is 5.25. The third kappa shape index (κ3) is 7.10. The van der Waals surface area contributed by atoms with E-state index < -0.39 is 25.0 Å². The van der Waals surface area contributed by atoms with Gasteiger partial charge in [0.2, 0.25) is 5.91 Å². The SMILES string of the molecule is CC(C)C[C@H](NC(=O)[C@H](Cc1cccnc1)NC(=O)N1CCOCC1)B(O)O. The molecule has 1 saturated heterocycles. The molecule has 2 heterocycles. The topological polar surface area (TPSA) is 124 Å². The van der Waals surface area contributed by atoms with Gasteiger partial charge in [-0.2, -0.15) is 0 Å². The summed E-state index contributed by atoms with van der Waals surface area (Å²) in [6, 6.07) is 2.36. The van der Waals surface area contributed by atoms with Crippen molar-refractivity contribution in [1.82, 2.24) is 20.5 Å². The first-order valence-electron chi connectivity index (χ1n) is 9.55. The summed E-state index contributed by atoms with van der Waals surface area (Å²) in [4.78, 5) is 31.1. The van der Waals surface area contributed by atoms with E-state index in [1.165, 1.54) is 0 Å². The van der Waals surface area contributed by atoms with Crippen molar-refractivity contribution >= 4 is 19.1 Å². The van der Waals surface area contributed by atoms with Crippen molar-refractivity contribution in [2.75, 3.05) is 26.3 Å². The lowest BCUT2D eigenvalue weighted by molar-refractivity contribution is -0.123. The fourth-order valence-electron chi connectivity index (χ4n) is 3.02. The highest BCUT2D eigenvalue weighted by Gasteiger charge is 2.31. The Kier molecular flexibility index (Phi) is 8.68. The van der Waals surface area contributed by atoms with E-state index in [4.69, 9.17) is 4.74 Å². The lowest BCUT2D eigenvalue weighted by atomic mass is 9.75. The predicted octanol–water partition coefficient (Wildman–Crippen LogP) is -0.423. The molecule has 28 heavy (non-hydrogen) atoms. The van der Waals surface area contributed by atoms with E-state index in [1.54, 1.807) is 23.4 Å². The summed E-state index contributed by atoms with van der Waals surface area (Å²) in [5.41, 5.74) is 0.787. The van der Waals surface area contributed by atoms with Crippen LogP contribution in [0.3, 0.4) is 0 Å². The molecule has 2 atom stereocenters. The molecule has 1 aromatic rings. The summed E-state index contributed by atoms with van der Waals surface area (Å²) in [6.07, 6.45) is 3.91. The number of aromatic nitrogens is 1. The molecule has 1 aromatic heterocycles. The molecule has 1 fully saturated rings. The fraction of sp³-hybridized carbons (Fsp3) is 0.611. The van der Waals surface area contributed by atoms with Crippen LogP contribution in [0.25, 0.3) is 0 Å². The predicted molar refractivity (Wildman–Crippen MR) is 104 cm³/mol. The van der Waals surface area contributed by atoms with Gasteiger partial charge in [0.1, 0.15) is 6.04 Å². The molecule has 10 heteroatoms. The van der Waals surface area contributed by atoms with Crippen LogP contribution < -0.4 is 10.6 Å². The average molecular weight is 392 g/mol. The standard InChI is InChI=1S/C18H29BN4O5/c1-13(2)10-16(19(26)27)22-17(24)15(11-14-4-3-5-20-12-14)21-18(25)23-6-8-28-9-7-23/h3-5,12-13,15-16,26-27H,6-11H2,1-2H3,(H,21,25)(H,22,24)/t15-,16-/m0/s1. The molecule has 0 aliphatic carbocycles. The van der Waals surface area contributed by atoms with Gasteiger partial charge < -0.3 is 30.3 Å². The second kappa shape index (κ2) is 11.0. The van der Waals surface area contributed by atoms with E-state index in [2.05, 4.69) is 15.6 Å². The van der Waals surface area contributed by atoms with E-state index in [1.807, 2.05) is 19.9 Å². The monoisotopic (exact) mass is 392 g/mol. The second-order valence-electron chi connectivity index (χ2n) is 7.33. The van der Waals surface area contributed by atoms with E-state index in [0.717, 1.165) is 5.56 Å². The van der Waals surface area contributed by atoms with Gasteiger partial charge in [-0.3, -0.25) is 9.78 Å². The largest absolute Gasteiger partial charge is 0.475 e. The minimum atomic E-state index is -1.68. The number of rotatable bonds is 8. The van der Waals surface area contributed by atoms with Crippen LogP contribution in [0.15, 0.2) is 24.5 Å². The van der Waals surface area contributed by atoms with Gasteiger partial charge in [0.05, 0.1) is 19.2 Å². The summed E-state index contributed by atoms with van der Waals surface area (Å²) in [5.74, 6) is -1.12. The molecular formula is C18H29BN4O5. The first-order valence-corrected chi connectivity index (χ1v) is 9.55. The van der Waals surface area contributed by atoms with Crippen LogP contribution in [-0.4, -0.2) is 77.3 Å². The quantitative estimate of drug-likeness (QED) is 0.446. The third-order valence-corrected chi connectivity index (χ3v) is 4.49. The Hall–Kier alpha value is -2.17. The zero-order valence-corrected chi connectivity index (χ0v) is 16.4. The van der Waals surface area contributed by atoms with Gasteiger partial charge in [0.25, 0.3) is 0 Å². The minimum Gasteiger partial charge on any atom is -0.426 e. The number of carbonyl (C=O) groups is 2. The Balaban J connectivity index is 2.09. The molecular weight excluding hydrogens is 363 g/mol. The van der Waals surface area contributed by atoms with Crippen LogP contribution in [0.2, 0.25) is 0 Å². The summed E-state index contributed by atoms with van der Waals surface area (Å²) in [5, 5.41) is 24.6. The molecule has 0 unspecified atom stereocenters. The first kappa shape index (κ1) is 22.1. The van der Waals surface area contributed by atoms with Gasteiger partial charge in [-0.1, -0.05) is 19.9 Å². The molecule has 9 nitrogen and oxygen atoms in total. The van der Waals surface area contributed by atoms with Gasteiger partial charge in [-0.25, -0.2) is 4.79 Å². The highest BCUT2D eigenvalue weighted by Crippen LogP contribution is 2.08. The van der Waals surface area contributed by atoms with Gasteiger partial charge in [0, 0.05) is 31.9 Å². The summed E-state index contributed by atoms with van der Waals surface area (Å²) in [7, 11) is -1.68. The van der Waals surface area contributed by atoms with E-state index in [-0.39, 0.29) is 18.4 Å². The number of urea groups is 1. The minimum absolute atomic E-state index is 0.159. The molecule has 4 N–H and O–H groups in total. The average Bonchev–Trinajstić information content (AvgIpc) is 2.68. The van der Waals surface area contributed by atoms with Crippen molar-refractivity contribution in [3.63, 3.8) is 0 Å². The highest BCUT2D eigenvalue weighted by atomic mass is 16.5. The third-order valence-electron chi connectivity index (χ3n) is 4.49. The summed E-state index contributed by atoms with van der Waals surface area (Å²) in [6.45, 7) is 5.68. The van der Waals surface area contributed by atoms with Gasteiger partial charge >= 0.3 is 13.1 Å². The number of amides is 3. The van der Waals surface area contributed by atoms with Gasteiger partial charge in [0.15, 0.2) is 0 Å². The van der Waals surface area contributed by atoms with Crippen molar-refractivity contribution in [1.29, 1.82) is 0 Å². The molecule has 0 aromatic carbocycles. The highest BCUT2D eigenvalue weighted by molar-refractivity contribution is 6.43. The number of hydrogen-bond acceptors (Lipinski definition) is 6.